The highest BCUT2D eigenvalue weighted by atomic mass is 35.5. The number of anilines is 1. The minimum Gasteiger partial charge on any atom is -0.379 e. The monoisotopic (exact) mass is 701 g/mol. The summed E-state index contributed by atoms with van der Waals surface area (Å²) < 4.78 is 47.1. The Labute approximate surface area is 285 Å². The second-order valence-corrected chi connectivity index (χ2v) is 14.5. The number of fused-ring (bicyclic) bond motifs is 3. The molecule has 2 aliphatic rings. The van der Waals surface area contributed by atoms with Gasteiger partial charge in [0.2, 0.25) is 11.8 Å². The van der Waals surface area contributed by atoms with E-state index in [-0.39, 0.29) is 56.8 Å². The molecule has 2 aliphatic heterocycles. The number of imidazole rings is 1. The number of carbonyl (C=O) groups is 2. The van der Waals surface area contributed by atoms with Gasteiger partial charge >= 0.3 is 0 Å². The molecule has 0 unspecified atom stereocenters. The molecule has 0 aliphatic carbocycles. The number of aromatic nitrogens is 3. The molecule has 15 heteroatoms. The lowest BCUT2D eigenvalue weighted by Gasteiger charge is -2.46. The zero-order valence-electron chi connectivity index (χ0n) is 26.9. The van der Waals surface area contributed by atoms with Gasteiger partial charge in [-0.05, 0) is 36.2 Å². The first-order chi connectivity index (χ1) is 23.1. The van der Waals surface area contributed by atoms with Gasteiger partial charge in [-0.25, -0.2) is 13.4 Å². The van der Waals surface area contributed by atoms with Crippen molar-refractivity contribution in [2.45, 2.75) is 31.3 Å². The Bertz CT molecular complexity index is 1750. The van der Waals surface area contributed by atoms with Crippen LogP contribution in [-0.2, 0) is 56.9 Å². The molecule has 1 saturated heterocycles. The van der Waals surface area contributed by atoms with E-state index >= 15 is 0 Å². The van der Waals surface area contributed by atoms with Crippen molar-refractivity contribution in [3.8, 4) is 12.3 Å². The molecule has 1 spiro atoms. The van der Waals surface area contributed by atoms with E-state index in [0.29, 0.717) is 74.7 Å². The highest BCUT2D eigenvalue weighted by Crippen LogP contribution is 2.47. The van der Waals surface area contributed by atoms with Crippen LogP contribution in [0.1, 0.15) is 24.2 Å². The van der Waals surface area contributed by atoms with Gasteiger partial charge in [-0.15, -0.1) is 6.42 Å². The first-order valence-corrected chi connectivity index (χ1v) is 18.2. The fourth-order valence-electron chi connectivity index (χ4n) is 5.99. The average Bonchev–Trinajstić information content (AvgIpc) is 3.49. The highest BCUT2D eigenvalue weighted by Gasteiger charge is 2.59. The summed E-state index contributed by atoms with van der Waals surface area (Å²) in [6.45, 7) is 4.06. The molecule has 3 aromatic rings. The molecule has 2 amide bonds. The second kappa shape index (κ2) is 16.2. The smallest absolute Gasteiger partial charge is 0.241 e. The maximum Gasteiger partial charge on any atom is 0.241 e. The summed E-state index contributed by atoms with van der Waals surface area (Å²) in [4.78, 5) is 39.5. The normalized spacial score (nSPS) is 15.2. The third-order valence-corrected chi connectivity index (χ3v) is 9.55. The SMILES string of the molecule is C#CCOCCOCCOCCOCCC(=O)N1CC2(C1)C(=O)N(Cc1nc3cc(Cl)ccc3n1CCCS(C)(=O)=O)c1cnccc12. The van der Waals surface area contributed by atoms with Crippen molar-refractivity contribution in [3.05, 3.63) is 53.1 Å². The van der Waals surface area contributed by atoms with Crippen LogP contribution in [0.3, 0.4) is 0 Å². The van der Waals surface area contributed by atoms with Crippen molar-refractivity contribution in [2.24, 2.45) is 0 Å². The van der Waals surface area contributed by atoms with Gasteiger partial charge < -0.3 is 33.3 Å². The number of hydrogen-bond acceptors (Lipinski definition) is 10. The number of nitrogens with zero attached hydrogens (tertiary/aromatic N) is 5. The molecular weight excluding hydrogens is 662 g/mol. The zero-order valence-corrected chi connectivity index (χ0v) is 28.5. The van der Waals surface area contributed by atoms with Crippen LogP contribution in [0.5, 0.6) is 0 Å². The van der Waals surface area contributed by atoms with Gasteiger partial charge in [0, 0.05) is 37.1 Å². The van der Waals surface area contributed by atoms with E-state index in [1.54, 1.807) is 34.3 Å². The number of likely N-dealkylation sites (tertiary alicyclic amines) is 1. The van der Waals surface area contributed by atoms with E-state index in [2.05, 4.69) is 10.9 Å². The van der Waals surface area contributed by atoms with Crippen LogP contribution in [0.15, 0.2) is 36.7 Å². The number of terminal acetylenes is 1. The van der Waals surface area contributed by atoms with Crippen molar-refractivity contribution in [2.75, 3.05) is 82.9 Å². The molecule has 0 saturated carbocycles. The van der Waals surface area contributed by atoms with Crippen LogP contribution in [0.2, 0.25) is 5.02 Å². The van der Waals surface area contributed by atoms with E-state index in [4.69, 9.17) is 42.0 Å². The summed E-state index contributed by atoms with van der Waals surface area (Å²) in [6.07, 6.45) is 10.2. The molecule has 48 heavy (non-hydrogen) atoms. The number of aryl methyl sites for hydroxylation is 1. The van der Waals surface area contributed by atoms with Crippen LogP contribution in [-0.4, -0.2) is 118 Å². The van der Waals surface area contributed by atoms with Crippen LogP contribution < -0.4 is 4.90 Å². The van der Waals surface area contributed by atoms with Crippen molar-refractivity contribution >= 4 is 50.0 Å². The summed E-state index contributed by atoms with van der Waals surface area (Å²) >= 11 is 6.24. The van der Waals surface area contributed by atoms with Crippen LogP contribution in [0.4, 0.5) is 5.69 Å². The molecule has 0 atom stereocenters. The van der Waals surface area contributed by atoms with Gasteiger partial charge in [-0.2, -0.15) is 0 Å². The molecule has 4 heterocycles. The lowest BCUT2D eigenvalue weighted by Crippen LogP contribution is -2.65. The average molecular weight is 702 g/mol. The Balaban J connectivity index is 1.13. The van der Waals surface area contributed by atoms with Gasteiger partial charge in [-0.1, -0.05) is 17.5 Å². The molecule has 5 rings (SSSR count). The molecule has 1 aromatic carbocycles. The summed E-state index contributed by atoms with van der Waals surface area (Å²) in [6, 6.07) is 7.20. The number of carbonyl (C=O) groups excluding carboxylic acids is 2. The quantitative estimate of drug-likeness (QED) is 0.135. The first-order valence-electron chi connectivity index (χ1n) is 15.7. The summed E-state index contributed by atoms with van der Waals surface area (Å²) in [5.74, 6) is 2.81. The lowest BCUT2D eigenvalue weighted by molar-refractivity contribution is -0.145. The minimum atomic E-state index is -3.15. The molecule has 2 aromatic heterocycles. The number of hydrogen-bond donors (Lipinski definition) is 0. The van der Waals surface area contributed by atoms with Gasteiger partial charge in [-0.3, -0.25) is 14.6 Å². The van der Waals surface area contributed by atoms with Crippen molar-refractivity contribution in [3.63, 3.8) is 0 Å². The van der Waals surface area contributed by atoms with E-state index in [0.717, 1.165) is 11.1 Å². The molecular formula is C33H40ClN5O8S. The van der Waals surface area contributed by atoms with Crippen molar-refractivity contribution in [1.29, 1.82) is 0 Å². The Morgan fingerprint density at radius 1 is 1.04 bits per heavy atom. The number of ether oxygens (including phenoxy) is 4. The van der Waals surface area contributed by atoms with Crippen molar-refractivity contribution in [1.82, 2.24) is 19.4 Å². The molecule has 0 bridgehead atoms. The zero-order chi connectivity index (χ0) is 34.1. The van der Waals surface area contributed by atoms with Crippen molar-refractivity contribution < 1.29 is 37.0 Å². The van der Waals surface area contributed by atoms with Crippen LogP contribution >= 0.6 is 11.6 Å². The fraction of sp³-hybridized carbons (Fsp3) is 0.515. The Morgan fingerprint density at radius 2 is 1.73 bits per heavy atom. The second-order valence-electron chi connectivity index (χ2n) is 11.8. The van der Waals surface area contributed by atoms with E-state index < -0.39 is 15.3 Å². The number of benzene rings is 1. The summed E-state index contributed by atoms with van der Waals surface area (Å²) in [7, 11) is -3.15. The third kappa shape index (κ3) is 8.52. The van der Waals surface area contributed by atoms with Gasteiger partial charge in [0.15, 0.2) is 0 Å². The Hall–Kier alpha value is -3.58. The summed E-state index contributed by atoms with van der Waals surface area (Å²) in [5, 5.41) is 0.527. The predicted octanol–water partition coefficient (Wildman–Crippen LogP) is 2.24. The van der Waals surface area contributed by atoms with E-state index in [1.807, 2.05) is 16.7 Å². The fourth-order valence-corrected chi connectivity index (χ4v) is 6.81. The number of pyridine rings is 1. The maximum absolute atomic E-state index is 14.1. The van der Waals surface area contributed by atoms with Gasteiger partial charge in [0.1, 0.15) is 27.7 Å². The summed E-state index contributed by atoms with van der Waals surface area (Å²) in [5.41, 5.74) is 2.10. The van der Waals surface area contributed by atoms with Gasteiger partial charge in [0.05, 0.1) is 87.9 Å². The largest absolute Gasteiger partial charge is 0.379 e. The Morgan fingerprint density at radius 3 is 2.42 bits per heavy atom. The minimum absolute atomic E-state index is 0.0296. The molecule has 1 fully saturated rings. The van der Waals surface area contributed by atoms with Gasteiger partial charge in [0.25, 0.3) is 0 Å². The Kier molecular flexibility index (Phi) is 12.1. The molecule has 13 nitrogen and oxygen atoms in total. The predicted molar refractivity (Wildman–Crippen MR) is 179 cm³/mol. The molecule has 258 valence electrons. The highest BCUT2D eigenvalue weighted by molar-refractivity contribution is 7.90. The number of halogens is 1. The number of rotatable bonds is 19. The number of amides is 2. The van der Waals surface area contributed by atoms with Crippen LogP contribution in [0, 0.1) is 12.3 Å². The third-order valence-electron chi connectivity index (χ3n) is 8.28. The first kappa shape index (κ1) is 35.7. The molecule has 0 radical (unpaired) electrons. The standard InChI is InChI=1S/C33H40ClN5O8S/c1-3-11-44-13-15-46-17-18-47-16-14-45-12-8-31(40)37-23-33(24-37)26-7-9-35-21-29(26)39(32(33)41)22-30-36-27-20-25(34)5-6-28(27)38(30)10-4-19-48(2,42)43/h1,5-7,9,20-21H,4,8,10-19,22-24H2,2H3. The topological polar surface area (TPSA) is 142 Å². The van der Waals surface area contributed by atoms with Crippen LogP contribution in [0.25, 0.3) is 11.0 Å². The number of sulfone groups is 1. The molecule has 0 N–H and O–H groups in total. The maximum atomic E-state index is 14.1. The lowest BCUT2D eigenvalue weighted by atomic mass is 9.74. The van der Waals surface area contributed by atoms with E-state index in [1.165, 1.54) is 6.26 Å². The van der Waals surface area contributed by atoms with E-state index in [9.17, 15) is 18.0 Å².